The zero-order valence-corrected chi connectivity index (χ0v) is 7.98. The zero-order valence-electron chi connectivity index (χ0n) is 7.98. The first kappa shape index (κ1) is 9.65. The summed E-state index contributed by atoms with van der Waals surface area (Å²) in [6.45, 7) is 2.00. The van der Waals surface area contributed by atoms with Crippen LogP contribution in [0.5, 0.6) is 0 Å². The first-order chi connectivity index (χ1) is 6.90. The molecule has 1 aliphatic heterocycles. The van der Waals surface area contributed by atoms with E-state index in [1.165, 1.54) is 0 Å². The molecule has 0 saturated carbocycles. The molecule has 2 rings (SSSR count). The highest BCUT2D eigenvalue weighted by atomic mass is 16.6. The van der Waals surface area contributed by atoms with Gasteiger partial charge in [-0.15, -0.1) is 0 Å². The maximum absolute atomic E-state index is 8.99. The maximum Gasteiger partial charge on any atom is 0.106 e. The van der Waals surface area contributed by atoms with Crippen molar-refractivity contribution in [2.24, 2.45) is 0 Å². The molecule has 0 radical (unpaired) electrons. The van der Waals surface area contributed by atoms with Crippen molar-refractivity contribution >= 4 is 0 Å². The number of rotatable bonds is 2. The molecule has 0 spiro atoms. The van der Waals surface area contributed by atoms with E-state index in [0.29, 0.717) is 19.8 Å². The molecular weight excluding hydrogens is 180 g/mol. The van der Waals surface area contributed by atoms with Crippen molar-refractivity contribution in [3.8, 4) is 0 Å². The van der Waals surface area contributed by atoms with E-state index >= 15 is 0 Å². The van der Waals surface area contributed by atoms with Gasteiger partial charge in [0.1, 0.15) is 6.10 Å². The maximum atomic E-state index is 8.99. The molecule has 1 heterocycles. The Balaban J connectivity index is 2.13. The Morgan fingerprint density at radius 1 is 1.36 bits per heavy atom. The van der Waals surface area contributed by atoms with Gasteiger partial charge in [0.05, 0.1) is 26.4 Å². The summed E-state index contributed by atoms with van der Waals surface area (Å²) in [6, 6.07) is 7.78. The van der Waals surface area contributed by atoms with E-state index in [-0.39, 0.29) is 12.7 Å². The van der Waals surface area contributed by atoms with Crippen molar-refractivity contribution in [3.63, 3.8) is 0 Å². The first-order valence-corrected chi connectivity index (χ1v) is 4.79. The molecule has 0 bridgehead atoms. The Morgan fingerprint density at radius 3 is 3.00 bits per heavy atom. The predicted molar refractivity (Wildman–Crippen MR) is 51.9 cm³/mol. The fourth-order valence-electron chi connectivity index (χ4n) is 1.57. The summed E-state index contributed by atoms with van der Waals surface area (Å²) in [5.41, 5.74) is 1.99. The van der Waals surface area contributed by atoms with Gasteiger partial charge in [0.15, 0.2) is 0 Å². The van der Waals surface area contributed by atoms with Crippen LogP contribution in [0.3, 0.4) is 0 Å². The molecule has 14 heavy (non-hydrogen) atoms. The summed E-state index contributed by atoms with van der Waals surface area (Å²) in [5.74, 6) is 0. The third kappa shape index (κ3) is 2.12. The average molecular weight is 194 g/mol. The smallest absolute Gasteiger partial charge is 0.106 e. The summed E-state index contributed by atoms with van der Waals surface area (Å²) in [7, 11) is 0. The highest BCUT2D eigenvalue weighted by Gasteiger charge is 2.16. The molecule has 1 unspecified atom stereocenters. The van der Waals surface area contributed by atoms with Crippen molar-refractivity contribution in [2.45, 2.75) is 12.7 Å². The van der Waals surface area contributed by atoms with E-state index in [1.54, 1.807) is 0 Å². The van der Waals surface area contributed by atoms with Gasteiger partial charge in [-0.2, -0.15) is 0 Å². The van der Waals surface area contributed by atoms with Crippen molar-refractivity contribution < 1.29 is 14.6 Å². The summed E-state index contributed by atoms with van der Waals surface area (Å²) >= 11 is 0. The Bertz CT molecular complexity index is 292. The number of hydrogen-bond donors (Lipinski definition) is 1. The Morgan fingerprint density at radius 2 is 2.29 bits per heavy atom. The molecule has 0 amide bonds. The molecular formula is C11H14O3. The molecule has 1 atom stereocenters. The van der Waals surface area contributed by atoms with Crippen molar-refractivity contribution in [2.75, 3.05) is 19.8 Å². The van der Waals surface area contributed by atoms with Gasteiger partial charge in [-0.1, -0.05) is 24.3 Å². The Kier molecular flexibility index (Phi) is 3.14. The second-order valence-electron chi connectivity index (χ2n) is 3.34. The normalized spacial score (nSPS) is 22.2. The van der Waals surface area contributed by atoms with Crippen LogP contribution in [-0.2, 0) is 16.1 Å². The van der Waals surface area contributed by atoms with Gasteiger partial charge in [0.25, 0.3) is 0 Å². The van der Waals surface area contributed by atoms with Gasteiger partial charge < -0.3 is 14.6 Å². The monoisotopic (exact) mass is 194 g/mol. The molecule has 1 fully saturated rings. The van der Waals surface area contributed by atoms with Crippen LogP contribution in [0.4, 0.5) is 0 Å². The average Bonchev–Trinajstić information content (AvgIpc) is 2.30. The third-order valence-corrected chi connectivity index (χ3v) is 2.32. The summed E-state index contributed by atoms with van der Waals surface area (Å²) in [5, 5.41) is 8.99. The van der Waals surface area contributed by atoms with Crippen LogP contribution in [0.25, 0.3) is 0 Å². The van der Waals surface area contributed by atoms with E-state index in [9.17, 15) is 0 Å². The topological polar surface area (TPSA) is 38.7 Å². The zero-order chi connectivity index (χ0) is 9.80. The van der Waals surface area contributed by atoms with Crippen LogP contribution >= 0.6 is 0 Å². The van der Waals surface area contributed by atoms with Crippen LogP contribution in [0.15, 0.2) is 24.3 Å². The van der Waals surface area contributed by atoms with E-state index in [1.807, 2.05) is 24.3 Å². The quantitative estimate of drug-likeness (QED) is 0.770. The molecule has 0 aliphatic carbocycles. The predicted octanol–water partition coefficient (Wildman–Crippen LogP) is 1.27. The highest BCUT2D eigenvalue weighted by molar-refractivity contribution is 5.25. The van der Waals surface area contributed by atoms with E-state index in [2.05, 4.69) is 0 Å². The molecule has 76 valence electrons. The first-order valence-electron chi connectivity index (χ1n) is 4.79. The number of ether oxygens (including phenoxy) is 2. The van der Waals surface area contributed by atoms with Crippen molar-refractivity contribution in [3.05, 3.63) is 35.4 Å². The molecule has 1 aromatic rings. The standard InChI is InChI=1S/C11H14O3/c12-7-9-2-1-3-10(6-9)11-8-13-4-5-14-11/h1-3,6,11-12H,4-5,7-8H2. The molecule has 0 aromatic heterocycles. The second kappa shape index (κ2) is 4.55. The number of benzene rings is 1. The van der Waals surface area contributed by atoms with Gasteiger partial charge in [-0.3, -0.25) is 0 Å². The minimum absolute atomic E-state index is 0.0234. The fraction of sp³-hybridized carbons (Fsp3) is 0.455. The van der Waals surface area contributed by atoms with Crippen LogP contribution in [0.1, 0.15) is 17.2 Å². The van der Waals surface area contributed by atoms with Crippen LogP contribution in [0, 0.1) is 0 Å². The SMILES string of the molecule is OCc1cccc(C2COCCO2)c1. The van der Waals surface area contributed by atoms with Gasteiger partial charge >= 0.3 is 0 Å². The minimum atomic E-state index is 0.0234. The van der Waals surface area contributed by atoms with Gasteiger partial charge in [-0.25, -0.2) is 0 Å². The third-order valence-electron chi connectivity index (χ3n) is 2.32. The van der Waals surface area contributed by atoms with Crippen LogP contribution in [-0.4, -0.2) is 24.9 Å². The lowest BCUT2D eigenvalue weighted by Crippen LogP contribution is -2.21. The highest BCUT2D eigenvalue weighted by Crippen LogP contribution is 2.21. The van der Waals surface area contributed by atoms with E-state index in [0.717, 1.165) is 11.1 Å². The molecule has 3 nitrogen and oxygen atoms in total. The van der Waals surface area contributed by atoms with E-state index < -0.39 is 0 Å². The van der Waals surface area contributed by atoms with Gasteiger partial charge in [0.2, 0.25) is 0 Å². The molecule has 1 aliphatic rings. The lowest BCUT2D eigenvalue weighted by molar-refractivity contribution is -0.0901. The number of aliphatic hydroxyl groups is 1. The Labute approximate surface area is 83.3 Å². The van der Waals surface area contributed by atoms with Crippen LogP contribution in [0.2, 0.25) is 0 Å². The summed E-state index contributed by atoms with van der Waals surface area (Å²) in [4.78, 5) is 0. The summed E-state index contributed by atoms with van der Waals surface area (Å²) in [6.07, 6.45) is 0.0234. The number of aliphatic hydroxyl groups excluding tert-OH is 1. The molecule has 1 aromatic carbocycles. The lowest BCUT2D eigenvalue weighted by atomic mass is 10.1. The molecule has 1 saturated heterocycles. The van der Waals surface area contributed by atoms with Gasteiger partial charge in [-0.05, 0) is 11.1 Å². The lowest BCUT2D eigenvalue weighted by Gasteiger charge is -2.23. The van der Waals surface area contributed by atoms with Gasteiger partial charge in [0, 0.05) is 0 Å². The Hall–Kier alpha value is -0.900. The largest absolute Gasteiger partial charge is 0.392 e. The fourth-order valence-corrected chi connectivity index (χ4v) is 1.57. The minimum Gasteiger partial charge on any atom is -0.392 e. The summed E-state index contributed by atoms with van der Waals surface area (Å²) < 4.78 is 10.9. The number of hydrogen-bond acceptors (Lipinski definition) is 3. The van der Waals surface area contributed by atoms with Crippen molar-refractivity contribution in [1.29, 1.82) is 0 Å². The molecule has 3 heteroatoms. The second-order valence-corrected chi connectivity index (χ2v) is 3.34. The van der Waals surface area contributed by atoms with Crippen LogP contribution < -0.4 is 0 Å². The van der Waals surface area contributed by atoms with E-state index in [4.69, 9.17) is 14.6 Å². The van der Waals surface area contributed by atoms with Crippen molar-refractivity contribution in [1.82, 2.24) is 0 Å². The molecule has 1 N–H and O–H groups in total.